The monoisotopic (exact) mass is 244 g/mol. The first-order valence-electron chi connectivity index (χ1n) is 6.58. The van der Waals surface area contributed by atoms with E-state index < -0.39 is 0 Å². The van der Waals surface area contributed by atoms with E-state index in [2.05, 4.69) is 34.5 Å². The number of anilines is 1. The highest BCUT2D eigenvalue weighted by atomic mass is 15.2. The van der Waals surface area contributed by atoms with E-state index in [1.807, 2.05) is 12.1 Å². The lowest BCUT2D eigenvalue weighted by Crippen LogP contribution is -2.25. The smallest absolute Gasteiger partial charge is 0.201 e. The first kappa shape index (κ1) is 11.5. The predicted molar refractivity (Wildman–Crippen MR) is 74.5 cm³/mol. The van der Waals surface area contributed by atoms with Gasteiger partial charge in [-0.1, -0.05) is 12.1 Å². The summed E-state index contributed by atoms with van der Waals surface area (Å²) in [7, 11) is 2.19. The minimum Gasteiger partial charge on any atom is -0.369 e. The zero-order chi connectivity index (χ0) is 12.7. The Morgan fingerprint density at radius 3 is 2.94 bits per heavy atom. The van der Waals surface area contributed by atoms with Gasteiger partial charge < -0.3 is 15.2 Å². The van der Waals surface area contributed by atoms with E-state index in [0.29, 0.717) is 5.95 Å². The van der Waals surface area contributed by atoms with Gasteiger partial charge in [0.25, 0.3) is 0 Å². The van der Waals surface area contributed by atoms with E-state index in [1.54, 1.807) is 0 Å². The first-order valence-corrected chi connectivity index (χ1v) is 6.58. The summed E-state index contributed by atoms with van der Waals surface area (Å²) in [5.41, 5.74) is 9.46. The Morgan fingerprint density at radius 1 is 1.44 bits per heavy atom. The Bertz CT molecular complexity index is 568. The molecule has 96 valence electrons. The summed E-state index contributed by atoms with van der Waals surface area (Å²) in [6.07, 6.45) is 2.69. The molecule has 2 N–H and O–H groups in total. The van der Waals surface area contributed by atoms with Crippen molar-refractivity contribution in [1.29, 1.82) is 0 Å². The Hall–Kier alpha value is -1.55. The molecule has 0 saturated heterocycles. The van der Waals surface area contributed by atoms with Crippen LogP contribution in [0.1, 0.15) is 18.4 Å². The molecular formula is C14H20N4. The highest BCUT2D eigenvalue weighted by Crippen LogP contribution is 2.26. The van der Waals surface area contributed by atoms with Crippen LogP contribution in [0.25, 0.3) is 11.0 Å². The van der Waals surface area contributed by atoms with Crippen LogP contribution in [0.5, 0.6) is 0 Å². The van der Waals surface area contributed by atoms with Crippen LogP contribution >= 0.6 is 0 Å². The standard InChI is InChI=1S/C14H20N4/c1-10-4-3-5-12-13(10)18(14(15)16-12)9-8-17(2)11-6-7-11/h3-5,11H,6-9H2,1-2H3,(H2,15,16). The Balaban J connectivity index is 1.88. The zero-order valence-corrected chi connectivity index (χ0v) is 11.1. The van der Waals surface area contributed by atoms with Crippen molar-refractivity contribution in [2.75, 3.05) is 19.3 Å². The lowest BCUT2D eigenvalue weighted by atomic mass is 10.2. The lowest BCUT2D eigenvalue weighted by Gasteiger charge is -2.17. The van der Waals surface area contributed by atoms with Crippen LogP contribution in [-0.2, 0) is 6.54 Å². The summed E-state index contributed by atoms with van der Waals surface area (Å²) in [6, 6.07) is 6.97. The number of nitrogens with zero attached hydrogens (tertiary/aromatic N) is 3. The maximum absolute atomic E-state index is 6.03. The van der Waals surface area contributed by atoms with Gasteiger partial charge in [-0.05, 0) is 38.4 Å². The maximum Gasteiger partial charge on any atom is 0.201 e. The number of rotatable bonds is 4. The quantitative estimate of drug-likeness (QED) is 0.895. The van der Waals surface area contributed by atoms with Crippen LogP contribution in [-0.4, -0.2) is 34.1 Å². The van der Waals surface area contributed by atoms with Crippen LogP contribution in [0.15, 0.2) is 18.2 Å². The van der Waals surface area contributed by atoms with Gasteiger partial charge in [0.05, 0.1) is 11.0 Å². The van der Waals surface area contributed by atoms with Gasteiger partial charge in [0.15, 0.2) is 0 Å². The largest absolute Gasteiger partial charge is 0.369 e. The number of hydrogen-bond acceptors (Lipinski definition) is 3. The molecule has 0 bridgehead atoms. The number of benzene rings is 1. The van der Waals surface area contributed by atoms with E-state index in [1.165, 1.54) is 23.9 Å². The molecule has 1 aliphatic rings. The molecule has 4 nitrogen and oxygen atoms in total. The van der Waals surface area contributed by atoms with Crippen LogP contribution in [0.2, 0.25) is 0 Å². The molecule has 3 rings (SSSR count). The third-order valence-electron chi connectivity index (χ3n) is 3.84. The number of imidazole rings is 1. The molecule has 1 aliphatic carbocycles. The lowest BCUT2D eigenvalue weighted by molar-refractivity contribution is 0.311. The summed E-state index contributed by atoms with van der Waals surface area (Å²) in [6.45, 7) is 4.07. The summed E-state index contributed by atoms with van der Waals surface area (Å²) in [5, 5.41) is 0. The molecule has 1 aromatic heterocycles. The van der Waals surface area contributed by atoms with Crippen LogP contribution in [0.3, 0.4) is 0 Å². The van der Waals surface area contributed by atoms with Crippen molar-refractivity contribution >= 4 is 17.0 Å². The summed E-state index contributed by atoms with van der Waals surface area (Å²) in [4.78, 5) is 6.85. The number of fused-ring (bicyclic) bond motifs is 1. The van der Waals surface area contributed by atoms with Crippen LogP contribution in [0.4, 0.5) is 5.95 Å². The van der Waals surface area contributed by atoms with E-state index >= 15 is 0 Å². The van der Waals surface area contributed by atoms with Crippen molar-refractivity contribution in [2.24, 2.45) is 0 Å². The molecule has 1 saturated carbocycles. The Morgan fingerprint density at radius 2 is 2.22 bits per heavy atom. The fourth-order valence-corrected chi connectivity index (χ4v) is 2.57. The van der Waals surface area contributed by atoms with Gasteiger partial charge in [-0.3, -0.25) is 0 Å². The van der Waals surface area contributed by atoms with Gasteiger partial charge in [0.1, 0.15) is 0 Å². The van der Waals surface area contributed by atoms with E-state index in [9.17, 15) is 0 Å². The molecule has 0 radical (unpaired) electrons. The van der Waals surface area contributed by atoms with Gasteiger partial charge in [0.2, 0.25) is 5.95 Å². The molecule has 0 unspecified atom stereocenters. The fourth-order valence-electron chi connectivity index (χ4n) is 2.57. The third kappa shape index (κ3) is 1.97. The molecule has 4 heteroatoms. The molecule has 1 heterocycles. The number of nitrogen functional groups attached to an aromatic ring is 1. The van der Waals surface area contributed by atoms with Crippen molar-refractivity contribution in [2.45, 2.75) is 32.4 Å². The van der Waals surface area contributed by atoms with E-state index in [-0.39, 0.29) is 0 Å². The van der Waals surface area contributed by atoms with Gasteiger partial charge in [-0.25, -0.2) is 4.98 Å². The predicted octanol–water partition coefficient (Wildman–Crippen LogP) is 2.02. The van der Waals surface area contributed by atoms with Gasteiger partial charge >= 0.3 is 0 Å². The molecule has 0 spiro atoms. The molecule has 0 amide bonds. The highest BCUT2D eigenvalue weighted by Gasteiger charge is 2.25. The number of likely N-dealkylation sites (N-methyl/N-ethyl adjacent to an activating group) is 1. The number of nitrogens with two attached hydrogens (primary N) is 1. The highest BCUT2D eigenvalue weighted by molar-refractivity contribution is 5.81. The molecule has 1 aromatic carbocycles. The first-order chi connectivity index (χ1) is 8.66. The van der Waals surface area contributed by atoms with Crippen molar-refractivity contribution in [1.82, 2.24) is 14.5 Å². The second kappa shape index (κ2) is 4.28. The minimum absolute atomic E-state index is 0.628. The van der Waals surface area contributed by atoms with Crippen LogP contribution in [0, 0.1) is 6.92 Å². The fraction of sp³-hybridized carbons (Fsp3) is 0.500. The Kier molecular flexibility index (Phi) is 2.74. The second-order valence-corrected chi connectivity index (χ2v) is 5.28. The second-order valence-electron chi connectivity index (χ2n) is 5.28. The number of hydrogen-bond donors (Lipinski definition) is 1. The van der Waals surface area contributed by atoms with Crippen LogP contribution < -0.4 is 5.73 Å². The van der Waals surface area contributed by atoms with E-state index in [0.717, 1.165) is 24.6 Å². The van der Waals surface area contributed by atoms with Crippen molar-refractivity contribution in [3.8, 4) is 0 Å². The zero-order valence-electron chi connectivity index (χ0n) is 11.1. The van der Waals surface area contributed by atoms with Crippen molar-refractivity contribution in [3.05, 3.63) is 23.8 Å². The molecular weight excluding hydrogens is 224 g/mol. The summed E-state index contributed by atoms with van der Waals surface area (Å²) in [5.74, 6) is 0.628. The van der Waals surface area contributed by atoms with Crippen molar-refractivity contribution in [3.63, 3.8) is 0 Å². The number of aromatic nitrogens is 2. The SMILES string of the molecule is Cc1cccc2nc(N)n(CCN(C)C3CC3)c12. The molecule has 0 atom stereocenters. The van der Waals surface area contributed by atoms with Gasteiger partial charge in [0, 0.05) is 19.1 Å². The summed E-state index contributed by atoms with van der Waals surface area (Å²) >= 11 is 0. The molecule has 18 heavy (non-hydrogen) atoms. The molecule has 1 fully saturated rings. The average Bonchev–Trinajstić information content (AvgIpc) is 3.11. The average molecular weight is 244 g/mol. The third-order valence-corrected chi connectivity index (χ3v) is 3.84. The maximum atomic E-state index is 6.03. The topological polar surface area (TPSA) is 47.1 Å². The summed E-state index contributed by atoms with van der Waals surface area (Å²) < 4.78 is 2.14. The Labute approximate surface area is 107 Å². The number of aryl methyl sites for hydroxylation is 1. The van der Waals surface area contributed by atoms with E-state index in [4.69, 9.17) is 5.73 Å². The number of para-hydroxylation sites is 1. The van der Waals surface area contributed by atoms with Gasteiger partial charge in [-0.2, -0.15) is 0 Å². The minimum atomic E-state index is 0.628. The van der Waals surface area contributed by atoms with Crippen molar-refractivity contribution < 1.29 is 0 Å². The van der Waals surface area contributed by atoms with Gasteiger partial charge in [-0.15, -0.1) is 0 Å². The molecule has 0 aliphatic heterocycles. The molecule has 2 aromatic rings. The normalized spacial score (nSPS) is 15.7.